The highest BCUT2D eigenvalue weighted by Gasteiger charge is 2.34. The SMILES string of the molecule is COc1ccc(N2C(=O)/C(=C/c3c(OC)ccc4ccc(OC)cc34)C(=O)NC2=S)cc1. The lowest BCUT2D eigenvalue weighted by molar-refractivity contribution is -0.122. The van der Waals surface area contributed by atoms with E-state index in [2.05, 4.69) is 5.32 Å². The number of hydrogen-bond donors (Lipinski definition) is 1. The van der Waals surface area contributed by atoms with Gasteiger partial charge in [0.05, 0.1) is 27.0 Å². The Morgan fingerprint density at radius 1 is 0.875 bits per heavy atom. The van der Waals surface area contributed by atoms with Crippen molar-refractivity contribution < 1.29 is 23.8 Å². The number of ether oxygens (including phenoxy) is 3. The zero-order valence-corrected chi connectivity index (χ0v) is 18.5. The minimum Gasteiger partial charge on any atom is -0.497 e. The van der Waals surface area contributed by atoms with Crippen LogP contribution in [0.5, 0.6) is 17.2 Å². The number of thiocarbonyl (C=S) groups is 1. The molecule has 0 spiro atoms. The zero-order chi connectivity index (χ0) is 22.8. The van der Waals surface area contributed by atoms with Crippen molar-refractivity contribution in [3.05, 3.63) is 65.7 Å². The molecule has 7 nitrogen and oxygen atoms in total. The fourth-order valence-electron chi connectivity index (χ4n) is 3.52. The van der Waals surface area contributed by atoms with Gasteiger partial charge in [-0.15, -0.1) is 0 Å². The van der Waals surface area contributed by atoms with Gasteiger partial charge in [0, 0.05) is 5.56 Å². The second-order valence-electron chi connectivity index (χ2n) is 6.92. The molecule has 162 valence electrons. The molecule has 1 fully saturated rings. The van der Waals surface area contributed by atoms with Gasteiger partial charge in [0.25, 0.3) is 11.8 Å². The molecular weight excluding hydrogens is 428 g/mol. The molecule has 0 aliphatic carbocycles. The molecule has 3 aromatic carbocycles. The van der Waals surface area contributed by atoms with Crippen LogP contribution in [0.15, 0.2) is 60.2 Å². The molecule has 0 bridgehead atoms. The number of benzene rings is 3. The van der Waals surface area contributed by atoms with Gasteiger partial charge in [-0.05, 0) is 71.5 Å². The van der Waals surface area contributed by atoms with E-state index in [4.69, 9.17) is 26.4 Å². The molecule has 1 saturated heterocycles. The molecule has 0 atom stereocenters. The van der Waals surface area contributed by atoms with Gasteiger partial charge in [0.1, 0.15) is 22.8 Å². The number of amides is 2. The summed E-state index contributed by atoms with van der Waals surface area (Å²) >= 11 is 5.27. The molecule has 0 radical (unpaired) electrons. The van der Waals surface area contributed by atoms with Crippen LogP contribution < -0.4 is 24.4 Å². The summed E-state index contributed by atoms with van der Waals surface area (Å²) in [4.78, 5) is 27.4. The highest BCUT2D eigenvalue weighted by Crippen LogP contribution is 2.33. The molecule has 4 rings (SSSR count). The number of carbonyl (C=O) groups excluding carboxylic acids is 2. The fourth-order valence-corrected chi connectivity index (χ4v) is 3.80. The monoisotopic (exact) mass is 448 g/mol. The van der Waals surface area contributed by atoms with E-state index in [9.17, 15) is 9.59 Å². The number of hydrogen-bond acceptors (Lipinski definition) is 6. The van der Waals surface area contributed by atoms with E-state index >= 15 is 0 Å². The first-order valence-electron chi connectivity index (χ1n) is 9.67. The maximum absolute atomic E-state index is 13.4. The molecule has 1 aliphatic heterocycles. The molecule has 32 heavy (non-hydrogen) atoms. The Morgan fingerprint density at radius 2 is 1.53 bits per heavy atom. The molecule has 0 unspecified atom stereocenters. The maximum Gasteiger partial charge on any atom is 0.270 e. The molecule has 1 aliphatic rings. The Labute approximate surface area is 190 Å². The average molecular weight is 449 g/mol. The number of nitrogens with one attached hydrogen (secondary N) is 1. The first kappa shape index (κ1) is 21.3. The van der Waals surface area contributed by atoms with Crippen LogP contribution in [0.25, 0.3) is 16.8 Å². The molecule has 3 aromatic rings. The normalized spacial score (nSPS) is 15.2. The highest BCUT2D eigenvalue weighted by atomic mass is 32.1. The Balaban J connectivity index is 1.85. The predicted molar refractivity (Wildman–Crippen MR) is 126 cm³/mol. The lowest BCUT2D eigenvalue weighted by atomic mass is 9.99. The zero-order valence-electron chi connectivity index (χ0n) is 17.7. The van der Waals surface area contributed by atoms with Crippen LogP contribution in [0.4, 0.5) is 5.69 Å². The summed E-state index contributed by atoms with van der Waals surface area (Å²) in [6.07, 6.45) is 1.52. The Hall–Kier alpha value is -3.91. The summed E-state index contributed by atoms with van der Waals surface area (Å²) in [7, 11) is 4.66. The standard InChI is InChI=1S/C24H20N2O5S/c1-29-16-9-6-15(7-10-16)26-23(28)20(22(27)25-24(26)32)13-19-18-12-17(30-2)8-4-14(18)5-11-21(19)31-3/h4-13H,1-3H3,(H,25,27,32)/b20-13+. The van der Waals surface area contributed by atoms with Crippen LogP contribution >= 0.6 is 12.2 Å². The summed E-state index contributed by atoms with van der Waals surface area (Å²) < 4.78 is 16.0. The van der Waals surface area contributed by atoms with E-state index in [1.165, 1.54) is 18.1 Å². The predicted octanol–water partition coefficient (Wildman–Crippen LogP) is 3.70. The third-order valence-corrected chi connectivity index (χ3v) is 5.46. The minimum atomic E-state index is -0.577. The van der Waals surface area contributed by atoms with Gasteiger partial charge in [-0.3, -0.25) is 19.8 Å². The lowest BCUT2D eigenvalue weighted by Crippen LogP contribution is -2.54. The summed E-state index contributed by atoms with van der Waals surface area (Å²) in [5, 5.41) is 4.29. The number of fused-ring (bicyclic) bond motifs is 1. The average Bonchev–Trinajstić information content (AvgIpc) is 2.81. The van der Waals surface area contributed by atoms with Crippen LogP contribution in [0.3, 0.4) is 0 Å². The fraction of sp³-hybridized carbons (Fsp3) is 0.125. The number of nitrogens with zero attached hydrogens (tertiary/aromatic N) is 1. The van der Waals surface area contributed by atoms with Crippen molar-refractivity contribution in [2.75, 3.05) is 26.2 Å². The van der Waals surface area contributed by atoms with E-state index in [1.54, 1.807) is 44.6 Å². The number of methoxy groups -OCH3 is 3. The smallest absolute Gasteiger partial charge is 0.270 e. The molecule has 8 heteroatoms. The van der Waals surface area contributed by atoms with E-state index in [0.717, 1.165) is 10.8 Å². The molecule has 0 saturated carbocycles. The van der Waals surface area contributed by atoms with E-state index in [-0.39, 0.29) is 10.7 Å². The lowest BCUT2D eigenvalue weighted by Gasteiger charge is -2.29. The molecule has 0 aromatic heterocycles. The highest BCUT2D eigenvalue weighted by molar-refractivity contribution is 7.80. The van der Waals surface area contributed by atoms with E-state index in [1.807, 2.05) is 24.3 Å². The number of anilines is 1. The summed E-state index contributed by atoms with van der Waals surface area (Å²) in [5.74, 6) is 0.685. The second kappa shape index (κ2) is 8.68. The van der Waals surface area contributed by atoms with Crippen molar-refractivity contribution in [3.63, 3.8) is 0 Å². The Morgan fingerprint density at radius 3 is 2.19 bits per heavy atom. The summed E-state index contributed by atoms with van der Waals surface area (Å²) in [6.45, 7) is 0. The van der Waals surface area contributed by atoms with Crippen molar-refractivity contribution in [1.29, 1.82) is 0 Å². The van der Waals surface area contributed by atoms with Crippen LogP contribution in [-0.4, -0.2) is 38.3 Å². The maximum atomic E-state index is 13.4. The van der Waals surface area contributed by atoms with Gasteiger partial charge in [-0.1, -0.05) is 12.1 Å². The largest absolute Gasteiger partial charge is 0.497 e. The van der Waals surface area contributed by atoms with Gasteiger partial charge in [-0.25, -0.2) is 0 Å². The molecular formula is C24H20N2O5S. The molecule has 2 amide bonds. The number of carbonyl (C=O) groups is 2. The Kier molecular flexibility index (Phi) is 5.79. The molecule has 1 heterocycles. The van der Waals surface area contributed by atoms with Gasteiger partial charge < -0.3 is 14.2 Å². The minimum absolute atomic E-state index is 0.00821. The first-order chi connectivity index (χ1) is 15.5. The van der Waals surface area contributed by atoms with Gasteiger partial charge in [0.15, 0.2) is 5.11 Å². The van der Waals surface area contributed by atoms with Crippen molar-refractivity contribution in [3.8, 4) is 17.2 Å². The van der Waals surface area contributed by atoms with Gasteiger partial charge >= 0.3 is 0 Å². The number of rotatable bonds is 5. The molecule has 1 N–H and O–H groups in total. The summed E-state index contributed by atoms with van der Waals surface area (Å²) in [5.41, 5.74) is 1.03. The topological polar surface area (TPSA) is 77.1 Å². The third kappa shape index (κ3) is 3.76. The Bertz CT molecular complexity index is 1260. The van der Waals surface area contributed by atoms with Crippen molar-refractivity contribution in [2.24, 2.45) is 0 Å². The van der Waals surface area contributed by atoms with Gasteiger partial charge in [-0.2, -0.15) is 0 Å². The van der Waals surface area contributed by atoms with Crippen LogP contribution in [-0.2, 0) is 9.59 Å². The van der Waals surface area contributed by atoms with Crippen molar-refractivity contribution in [2.45, 2.75) is 0 Å². The van der Waals surface area contributed by atoms with Crippen molar-refractivity contribution >= 4 is 51.7 Å². The second-order valence-corrected chi connectivity index (χ2v) is 7.31. The first-order valence-corrected chi connectivity index (χ1v) is 10.1. The van der Waals surface area contributed by atoms with E-state index < -0.39 is 11.8 Å². The third-order valence-electron chi connectivity index (χ3n) is 5.17. The summed E-state index contributed by atoms with van der Waals surface area (Å²) in [6, 6.07) is 16.1. The van der Waals surface area contributed by atoms with Crippen LogP contribution in [0, 0.1) is 0 Å². The van der Waals surface area contributed by atoms with Gasteiger partial charge in [0.2, 0.25) is 0 Å². The van der Waals surface area contributed by atoms with E-state index in [0.29, 0.717) is 28.5 Å². The van der Waals surface area contributed by atoms with Crippen LogP contribution in [0.2, 0.25) is 0 Å². The van der Waals surface area contributed by atoms with Crippen molar-refractivity contribution in [1.82, 2.24) is 5.32 Å². The quantitative estimate of drug-likeness (QED) is 0.364. The van der Waals surface area contributed by atoms with Crippen LogP contribution in [0.1, 0.15) is 5.56 Å².